The second-order valence-corrected chi connectivity index (χ2v) is 4.56. The van der Waals surface area contributed by atoms with E-state index in [1.807, 2.05) is 13.8 Å². The quantitative estimate of drug-likeness (QED) is 0.655. The van der Waals surface area contributed by atoms with E-state index in [9.17, 15) is 9.59 Å². The Morgan fingerprint density at radius 3 is 2.50 bits per heavy atom. The van der Waals surface area contributed by atoms with Crippen LogP contribution in [0.15, 0.2) is 0 Å². The summed E-state index contributed by atoms with van der Waals surface area (Å²) in [6, 6.07) is 0. The third-order valence-corrected chi connectivity index (χ3v) is 3.27. The molecule has 1 unspecified atom stereocenters. The minimum atomic E-state index is -0.252. The Morgan fingerprint density at radius 1 is 1.57 bits per heavy atom. The predicted molar refractivity (Wildman–Crippen MR) is 57.0 cm³/mol. The van der Waals surface area contributed by atoms with Crippen LogP contribution in [0.2, 0.25) is 0 Å². The lowest BCUT2D eigenvalue weighted by Crippen LogP contribution is -2.36. The lowest BCUT2D eigenvalue weighted by Gasteiger charge is -2.21. The molecule has 2 amide bonds. The number of rotatable bonds is 6. The third-order valence-electron chi connectivity index (χ3n) is 1.74. The fraction of sp³-hybridized carbons (Fsp3) is 0.778. The third kappa shape index (κ3) is 4.11. The average molecular weight is 219 g/mol. The molecule has 0 saturated heterocycles. The molecule has 5 heteroatoms. The van der Waals surface area contributed by atoms with Crippen LogP contribution in [0.1, 0.15) is 13.8 Å². The van der Waals surface area contributed by atoms with E-state index in [0.717, 1.165) is 4.90 Å². The number of imide groups is 1. The summed E-state index contributed by atoms with van der Waals surface area (Å²) in [4.78, 5) is 23.1. The van der Waals surface area contributed by atoms with Crippen molar-refractivity contribution in [2.45, 2.75) is 19.1 Å². The molecule has 1 N–H and O–H groups in total. The van der Waals surface area contributed by atoms with Crippen molar-refractivity contribution in [2.24, 2.45) is 5.92 Å². The monoisotopic (exact) mass is 219 g/mol. The Hall–Kier alpha value is -0.550. The molecule has 0 radical (unpaired) electrons. The molecule has 0 aromatic rings. The Labute approximate surface area is 88.7 Å². The fourth-order valence-electron chi connectivity index (χ4n) is 0.981. The molecular formula is C9H17NO3S. The molecule has 4 nitrogen and oxygen atoms in total. The highest BCUT2D eigenvalue weighted by atomic mass is 32.2. The number of amides is 2. The van der Waals surface area contributed by atoms with E-state index in [-0.39, 0.29) is 23.7 Å². The van der Waals surface area contributed by atoms with Crippen molar-refractivity contribution in [3.8, 4) is 0 Å². The second kappa shape index (κ2) is 6.84. The van der Waals surface area contributed by atoms with E-state index in [1.54, 1.807) is 0 Å². The van der Waals surface area contributed by atoms with Crippen molar-refractivity contribution in [2.75, 3.05) is 19.4 Å². The summed E-state index contributed by atoms with van der Waals surface area (Å²) in [5, 5.41) is 8.41. The van der Waals surface area contributed by atoms with Crippen LogP contribution in [0.25, 0.3) is 0 Å². The van der Waals surface area contributed by atoms with E-state index in [0.29, 0.717) is 12.2 Å². The number of carbonyl (C=O) groups is 2. The zero-order valence-electron chi connectivity index (χ0n) is 8.77. The van der Waals surface area contributed by atoms with Gasteiger partial charge >= 0.3 is 0 Å². The first-order valence-electron chi connectivity index (χ1n) is 4.49. The van der Waals surface area contributed by atoms with Gasteiger partial charge in [0.05, 0.1) is 11.9 Å². The summed E-state index contributed by atoms with van der Waals surface area (Å²) >= 11 is 1.38. The summed E-state index contributed by atoms with van der Waals surface area (Å²) < 4.78 is 0. The Morgan fingerprint density at radius 2 is 2.14 bits per heavy atom. The van der Waals surface area contributed by atoms with Gasteiger partial charge < -0.3 is 5.11 Å². The molecule has 0 aromatic heterocycles. The van der Waals surface area contributed by atoms with E-state index < -0.39 is 0 Å². The summed E-state index contributed by atoms with van der Waals surface area (Å²) in [5.41, 5.74) is 0. The lowest BCUT2D eigenvalue weighted by molar-refractivity contribution is -0.136. The highest BCUT2D eigenvalue weighted by molar-refractivity contribution is 8.00. The molecule has 1 atom stereocenters. The van der Waals surface area contributed by atoms with Crippen LogP contribution in [0.3, 0.4) is 0 Å². The van der Waals surface area contributed by atoms with Crippen LogP contribution in [0, 0.1) is 5.92 Å². The van der Waals surface area contributed by atoms with Gasteiger partial charge in [-0.05, 0) is 5.92 Å². The maximum absolute atomic E-state index is 11.6. The highest BCUT2D eigenvalue weighted by Crippen LogP contribution is 2.20. The van der Waals surface area contributed by atoms with Gasteiger partial charge in [-0.1, -0.05) is 13.8 Å². The molecule has 0 saturated carbocycles. The topological polar surface area (TPSA) is 57.6 Å². The molecule has 0 rings (SSSR count). The highest BCUT2D eigenvalue weighted by Gasteiger charge is 2.25. The molecule has 0 spiro atoms. The molecule has 0 aromatic carbocycles. The molecule has 82 valence electrons. The largest absolute Gasteiger partial charge is 0.396 e. The number of hydrogen-bond donors (Lipinski definition) is 1. The molecule has 0 heterocycles. The summed E-state index contributed by atoms with van der Waals surface area (Å²) in [5.74, 6) is 0.469. The van der Waals surface area contributed by atoms with Crippen LogP contribution in [0.4, 0.5) is 0 Å². The first-order chi connectivity index (χ1) is 6.54. The van der Waals surface area contributed by atoms with Gasteiger partial charge in [0, 0.05) is 12.8 Å². The second-order valence-electron chi connectivity index (χ2n) is 3.31. The van der Waals surface area contributed by atoms with Crippen LogP contribution >= 0.6 is 11.8 Å². The van der Waals surface area contributed by atoms with Gasteiger partial charge in [-0.2, -0.15) is 0 Å². The minimum Gasteiger partial charge on any atom is -0.396 e. The zero-order valence-corrected chi connectivity index (χ0v) is 9.58. The van der Waals surface area contributed by atoms with Gasteiger partial charge in [0.25, 0.3) is 0 Å². The zero-order chi connectivity index (χ0) is 11.1. The number of thioether (sulfide) groups is 1. The van der Waals surface area contributed by atoms with Gasteiger partial charge in [0.2, 0.25) is 12.3 Å². The Balaban J connectivity index is 4.32. The van der Waals surface area contributed by atoms with Gasteiger partial charge in [-0.15, -0.1) is 11.8 Å². The normalized spacial score (nSPS) is 12.6. The van der Waals surface area contributed by atoms with E-state index in [4.69, 9.17) is 5.11 Å². The smallest absolute Gasteiger partial charge is 0.242 e. The van der Waals surface area contributed by atoms with E-state index in [1.165, 1.54) is 18.8 Å². The van der Waals surface area contributed by atoms with E-state index >= 15 is 0 Å². The lowest BCUT2D eigenvalue weighted by atomic mass is 10.1. The molecule has 0 aliphatic heterocycles. The summed E-state index contributed by atoms with van der Waals surface area (Å²) in [7, 11) is 1.45. The SMILES string of the molecule is CC(C)C(SCCO)C(=O)N(C)C=O. The first kappa shape index (κ1) is 13.4. The van der Waals surface area contributed by atoms with Crippen molar-refractivity contribution in [1.29, 1.82) is 0 Å². The van der Waals surface area contributed by atoms with E-state index in [2.05, 4.69) is 0 Å². The number of hydrogen-bond acceptors (Lipinski definition) is 4. The Kier molecular flexibility index (Phi) is 6.57. The molecule has 0 aliphatic carbocycles. The number of carbonyl (C=O) groups excluding carboxylic acids is 2. The standard InChI is InChI=1S/C9H17NO3S/c1-7(2)8(14-5-4-11)9(13)10(3)6-12/h6-8,11H,4-5H2,1-3H3. The van der Waals surface area contributed by atoms with Crippen molar-refractivity contribution in [1.82, 2.24) is 4.90 Å². The van der Waals surface area contributed by atoms with Crippen molar-refractivity contribution >= 4 is 24.1 Å². The van der Waals surface area contributed by atoms with Gasteiger partial charge in [0.15, 0.2) is 0 Å². The molecule has 0 bridgehead atoms. The maximum atomic E-state index is 11.6. The maximum Gasteiger partial charge on any atom is 0.242 e. The molecule has 14 heavy (non-hydrogen) atoms. The van der Waals surface area contributed by atoms with Gasteiger partial charge in [-0.25, -0.2) is 0 Å². The first-order valence-corrected chi connectivity index (χ1v) is 5.53. The minimum absolute atomic E-state index is 0.0476. The predicted octanol–water partition coefficient (Wildman–Crippen LogP) is 0.351. The van der Waals surface area contributed by atoms with Crippen LogP contribution < -0.4 is 0 Å². The molecule has 0 fully saturated rings. The van der Waals surface area contributed by atoms with Crippen LogP contribution in [-0.4, -0.2) is 47.0 Å². The number of aliphatic hydroxyl groups excluding tert-OH is 1. The van der Waals surface area contributed by atoms with Crippen molar-refractivity contribution in [3.05, 3.63) is 0 Å². The number of nitrogens with zero attached hydrogens (tertiary/aromatic N) is 1. The van der Waals surface area contributed by atoms with Crippen LogP contribution in [0.5, 0.6) is 0 Å². The van der Waals surface area contributed by atoms with Crippen LogP contribution in [-0.2, 0) is 9.59 Å². The summed E-state index contributed by atoms with van der Waals surface area (Å²) in [6.07, 6.45) is 0.511. The van der Waals surface area contributed by atoms with Gasteiger partial charge in [-0.3, -0.25) is 14.5 Å². The summed E-state index contributed by atoms with van der Waals surface area (Å²) in [6.45, 7) is 3.89. The molecular weight excluding hydrogens is 202 g/mol. The number of aliphatic hydroxyl groups is 1. The van der Waals surface area contributed by atoms with Crippen molar-refractivity contribution < 1.29 is 14.7 Å². The Bertz CT molecular complexity index is 196. The molecule has 0 aliphatic rings. The van der Waals surface area contributed by atoms with Gasteiger partial charge in [0.1, 0.15) is 0 Å². The fourth-order valence-corrected chi connectivity index (χ4v) is 2.03. The van der Waals surface area contributed by atoms with Crippen molar-refractivity contribution in [3.63, 3.8) is 0 Å². The average Bonchev–Trinajstić information content (AvgIpc) is 2.16.